The van der Waals surface area contributed by atoms with E-state index in [0.29, 0.717) is 24.3 Å². The summed E-state index contributed by atoms with van der Waals surface area (Å²) in [5.41, 5.74) is 1.74. The molecule has 2 heterocycles. The number of amides is 3. The van der Waals surface area contributed by atoms with Gasteiger partial charge in [-0.3, -0.25) is 14.6 Å². The van der Waals surface area contributed by atoms with Crippen molar-refractivity contribution in [2.24, 2.45) is 5.92 Å². The van der Waals surface area contributed by atoms with E-state index in [-0.39, 0.29) is 25.0 Å². The topological polar surface area (TPSA) is 112 Å². The third-order valence-electron chi connectivity index (χ3n) is 4.35. The van der Waals surface area contributed by atoms with Crippen LogP contribution in [0.4, 0.5) is 10.5 Å². The van der Waals surface area contributed by atoms with Gasteiger partial charge in [0.25, 0.3) is 5.91 Å². The summed E-state index contributed by atoms with van der Waals surface area (Å²) in [6.07, 6.45) is 2.02. The molecular weight excluding hydrogens is 348 g/mol. The lowest BCUT2D eigenvalue weighted by atomic mass is 10.1. The molecule has 1 fully saturated rings. The van der Waals surface area contributed by atoms with Crippen LogP contribution in [-0.2, 0) is 11.3 Å². The average Bonchev–Trinajstić information content (AvgIpc) is 3.18. The van der Waals surface area contributed by atoms with E-state index in [9.17, 15) is 14.4 Å². The Morgan fingerprint density at radius 1 is 1.19 bits per heavy atom. The quantitative estimate of drug-likeness (QED) is 0.747. The number of anilines is 1. The van der Waals surface area contributed by atoms with E-state index in [1.54, 1.807) is 42.6 Å². The maximum absolute atomic E-state index is 12.2. The summed E-state index contributed by atoms with van der Waals surface area (Å²) in [6.45, 7) is 0.935. The largest absolute Gasteiger partial charge is 0.481 e. The lowest BCUT2D eigenvalue weighted by Crippen LogP contribution is -2.38. The van der Waals surface area contributed by atoms with E-state index < -0.39 is 11.9 Å². The molecule has 0 radical (unpaired) electrons. The van der Waals surface area contributed by atoms with Crippen LogP contribution < -0.4 is 10.6 Å². The number of carboxylic acids is 1. The number of carboxylic acid groups (broad SMARTS) is 1. The highest BCUT2D eigenvalue weighted by Crippen LogP contribution is 2.17. The van der Waals surface area contributed by atoms with Gasteiger partial charge in [0.15, 0.2) is 0 Å². The summed E-state index contributed by atoms with van der Waals surface area (Å²) >= 11 is 0. The van der Waals surface area contributed by atoms with E-state index in [2.05, 4.69) is 15.6 Å². The van der Waals surface area contributed by atoms with Gasteiger partial charge in [-0.1, -0.05) is 18.2 Å². The van der Waals surface area contributed by atoms with Gasteiger partial charge in [-0.25, -0.2) is 4.79 Å². The molecule has 1 atom stereocenters. The zero-order valence-corrected chi connectivity index (χ0v) is 14.6. The van der Waals surface area contributed by atoms with Gasteiger partial charge in [0.2, 0.25) is 0 Å². The molecule has 0 spiro atoms. The predicted molar refractivity (Wildman–Crippen MR) is 98.2 cm³/mol. The molecule has 140 valence electrons. The molecular formula is C19H20N4O4. The van der Waals surface area contributed by atoms with Crippen LogP contribution in [0.2, 0.25) is 0 Å². The first-order valence-electron chi connectivity index (χ1n) is 8.60. The Balaban J connectivity index is 1.54. The number of carbonyl (C=O) groups is 3. The van der Waals surface area contributed by atoms with Crippen LogP contribution in [-0.4, -0.2) is 46.0 Å². The van der Waals surface area contributed by atoms with Crippen LogP contribution in [0.25, 0.3) is 0 Å². The maximum Gasteiger partial charge on any atom is 0.317 e. The molecule has 0 aliphatic carbocycles. The molecule has 0 bridgehead atoms. The lowest BCUT2D eigenvalue weighted by molar-refractivity contribution is -0.141. The normalized spacial score (nSPS) is 16.0. The van der Waals surface area contributed by atoms with Gasteiger partial charge >= 0.3 is 12.0 Å². The minimum atomic E-state index is -0.873. The van der Waals surface area contributed by atoms with E-state index in [4.69, 9.17) is 5.11 Å². The van der Waals surface area contributed by atoms with Crippen molar-refractivity contribution in [1.29, 1.82) is 0 Å². The number of aliphatic carboxylic acids is 1. The highest BCUT2D eigenvalue weighted by atomic mass is 16.4. The number of hydrogen-bond acceptors (Lipinski definition) is 4. The molecule has 1 aromatic heterocycles. The van der Waals surface area contributed by atoms with Crippen LogP contribution >= 0.6 is 0 Å². The fraction of sp³-hybridized carbons (Fsp3) is 0.263. The smallest absolute Gasteiger partial charge is 0.317 e. The van der Waals surface area contributed by atoms with Gasteiger partial charge in [-0.05, 0) is 36.2 Å². The highest BCUT2D eigenvalue weighted by Gasteiger charge is 2.30. The Hall–Kier alpha value is -3.42. The number of aromatic nitrogens is 1. The SMILES string of the molecule is O=C(Nc1cccc(CNC(=O)N2CCC(C(=O)O)C2)c1)c1ccccn1. The fourth-order valence-electron chi connectivity index (χ4n) is 2.89. The first-order valence-corrected chi connectivity index (χ1v) is 8.60. The number of hydrogen-bond donors (Lipinski definition) is 3. The Labute approximate surface area is 156 Å². The number of nitrogens with zero attached hydrogens (tertiary/aromatic N) is 2. The summed E-state index contributed by atoms with van der Waals surface area (Å²) in [5.74, 6) is -1.68. The molecule has 3 N–H and O–H groups in total. The van der Waals surface area contributed by atoms with Gasteiger partial charge in [0.1, 0.15) is 5.69 Å². The summed E-state index contributed by atoms with van der Waals surface area (Å²) < 4.78 is 0. The van der Waals surface area contributed by atoms with E-state index in [1.165, 1.54) is 4.90 Å². The first-order chi connectivity index (χ1) is 13.0. The van der Waals surface area contributed by atoms with E-state index in [1.807, 2.05) is 6.07 Å². The standard InChI is InChI=1S/C19H20N4O4/c24-17(16-6-1-2-8-20-16)22-15-5-3-4-13(10-15)11-21-19(27)23-9-7-14(12-23)18(25)26/h1-6,8,10,14H,7,9,11-12H2,(H,21,27)(H,22,24)(H,25,26). The van der Waals surface area contributed by atoms with Crippen LogP contribution in [0.3, 0.4) is 0 Å². The van der Waals surface area contributed by atoms with Crippen molar-refractivity contribution in [2.75, 3.05) is 18.4 Å². The Bertz CT molecular complexity index is 841. The third-order valence-corrected chi connectivity index (χ3v) is 4.35. The van der Waals surface area contributed by atoms with Gasteiger partial charge in [-0.2, -0.15) is 0 Å². The molecule has 2 aromatic rings. The minimum Gasteiger partial charge on any atom is -0.481 e. The molecule has 1 unspecified atom stereocenters. The van der Waals surface area contributed by atoms with Crippen LogP contribution in [0, 0.1) is 5.92 Å². The zero-order valence-electron chi connectivity index (χ0n) is 14.6. The predicted octanol–water partition coefficient (Wildman–Crippen LogP) is 1.95. The molecule has 3 rings (SSSR count). The zero-order chi connectivity index (χ0) is 19.2. The number of urea groups is 1. The van der Waals surface area contributed by atoms with Crippen molar-refractivity contribution < 1.29 is 19.5 Å². The van der Waals surface area contributed by atoms with Gasteiger partial charge in [-0.15, -0.1) is 0 Å². The van der Waals surface area contributed by atoms with Gasteiger partial charge < -0.3 is 20.6 Å². The molecule has 8 nitrogen and oxygen atoms in total. The van der Waals surface area contributed by atoms with Crippen molar-refractivity contribution in [2.45, 2.75) is 13.0 Å². The van der Waals surface area contributed by atoms with Gasteiger partial charge in [0.05, 0.1) is 5.92 Å². The molecule has 1 aliphatic heterocycles. The van der Waals surface area contributed by atoms with E-state index in [0.717, 1.165) is 5.56 Å². The molecule has 0 saturated carbocycles. The molecule has 8 heteroatoms. The number of carbonyl (C=O) groups excluding carboxylic acids is 2. The monoisotopic (exact) mass is 368 g/mol. The Morgan fingerprint density at radius 2 is 2.04 bits per heavy atom. The minimum absolute atomic E-state index is 0.224. The number of pyridine rings is 1. The van der Waals surface area contributed by atoms with E-state index >= 15 is 0 Å². The summed E-state index contributed by atoms with van der Waals surface area (Å²) in [6, 6.07) is 11.9. The Morgan fingerprint density at radius 3 is 2.74 bits per heavy atom. The number of likely N-dealkylation sites (tertiary alicyclic amines) is 1. The average molecular weight is 368 g/mol. The summed E-state index contributed by atoms with van der Waals surface area (Å²) in [7, 11) is 0. The Kier molecular flexibility index (Phi) is 5.65. The van der Waals surface area contributed by atoms with Crippen LogP contribution in [0.15, 0.2) is 48.7 Å². The van der Waals surface area contributed by atoms with Crippen molar-refractivity contribution in [3.8, 4) is 0 Å². The second-order valence-electron chi connectivity index (χ2n) is 6.30. The van der Waals surface area contributed by atoms with Gasteiger partial charge in [0, 0.05) is 31.5 Å². The molecule has 3 amide bonds. The highest BCUT2D eigenvalue weighted by molar-refractivity contribution is 6.02. The second-order valence-corrected chi connectivity index (χ2v) is 6.30. The summed E-state index contributed by atoms with van der Waals surface area (Å²) in [4.78, 5) is 40.8. The van der Waals surface area contributed by atoms with Crippen molar-refractivity contribution in [3.05, 3.63) is 59.9 Å². The molecule has 1 aliphatic rings. The number of rotatable bonds is 5. The number of benzene rings is 1. The molecule has 27 heavy (non-hydrogen) atoms. The van der Waals surface area contributed by atoms with Crippen molar-refractivity contribution in [3.63, 3.8) is 0 Å². The van der Waals surface area contributed by atoms with Crippen LogP contribution in [0.1, 0.15) is 22.5 Å². The van der Waals surface area contributed by atoms with Crippen molar-refractivity contribution >= 4 is 23.6 Å². The maximum atomic E-state index is 12.2. The van der Waals surface area contributed by atoms with Crippen molar-refractivity contribution in [1.82, 2.24) is 15.2 Å². The third kappa shape index (κ3) is 4.81. The van der Waals surface area contributed by atoms with Crippen LogP contribution in [0.5, 0.6) is 0 Å². The molecule has 1 aromatic carbocycles. The molecule has 1 saturated heterocycles. The first kappa shape index (κ1) is 18.4. The summed E-state index contributed by atoms with van der Waals surface area (Å²) in [5, 5.41) is 14.6. The second kappa shape index (κ2) is 8.31. The number of nitrogens with one attached hydrogen (secondary N) is 2. The lowest BCUT2D eigenvalue weighted by Gasteiger charge is -2.17. The fourth-order valence-corrected chi connectivity index (χ4v) is 2.89.